The average Bonchev–Trinajstić information content (AvgIpc) is 2.71. The molecule has 10 heteroatoms. The number of nitriles is 1. The lowest BCUT2D eigenvalue weighted by Gasteiger charge is -2.32. The maximum Gasteiger partial charge on any atom is 0.281 e. The summed E-state index contributed by atoms with van der Waals surface area (Å²) in [4.78, 5) is 13.0. The van der Waals surface area contributed by atoms with Gasteiger partial charge in [0.25, 0.3) is 5.56 Å². The fourth-order valence-electron chi connectivity index (χ4n) is 4.17. The minimum Gasteiger partial charge on any atom is -0.493 e. The lowest BCUT2D eigenvalue weighted by atomic mass is 9.82. The van der Waals surface area contributed by atoms with Crippen LogP contribution in [-0.4, -0.2) is 23.6 Å². The zero-order chi connectivity index (χ0) is 26.6. The van der Waals surface area contributed by atoms with Crippen molar-refractivity contribution in [3.8, 4) is 11.9 Å². The van der Waals surface area contributed by atoms with E-state index in [0.29, 0.717) is 18.5 Å². The molecule has 0 amide bonds. The van der Waals surface area contributed by atoms with Crippen LogP contribution in [0.2, 0.25) is 0 Å². The maximum absolute atomic E-state index is 12.9. The van der Waals surface area contributed by atoms with Crippen molar-refractivity contribution in [1.82, 2.24) is 9.29 Å². The van der Waals surface area contributed by atoms with Gasteiger partial charge in [-0.2, -0.15) is 10.4 Å². The van der Waals surface area contributed by atoms with E-state index in [-0.39, 0.29) is 39.5 Å². The summed E-state index contributed by atoms with van der Waals surface area (Å²) in [7, 11) is -3.76. The lowest BCUT2D eigenvalue weighted by Crippen LogP contribution is -2.45. The molecule has 0 saturated heterocycles. The van der Waals surface area contributed by atoms with Gasteiger partial charge in [0, 0.05) is 17.6 Å². The van der Waals surface area contributed by atoms with Gasteiger partial charge in [-0.1, -0.05) is 34.1 Å². The zero-order valence-electron chi connectivity index (χ0n) is 21.5. The van der Waals surface area contributed by atoms with Crippen LogP contribution in [0.15, 0.2) is 44.2 Å². The first-order chi connectivity index (χ1) is 16.1. The Hall–Kier alpha value is -3.03. The number of sulfonamides is 1. The van der Waals surface area contributed by atoms with E-state index in [2.05, 4.69) is 35.7 Å². The zero-order valence-corrected chi connectivity index (χ0v) is 22.3. The fraction of sp³-hybridized carbons (Fsp3) is 0.520. The molecule has 0 aliphatic rings. The molecule has 0 unspecified atom stereocenters. The van der Waals surface area contributed by atoms with Crippen LogP contribution in [0, 0.1) is 23.7 Å². The standard InChI is InChI=1S/C25H35N5O4S/c1-8-9-14-30-22(31)20(15-26)17(2)21(23(30)32)28-27-18-10-12-19(13-11-18)35(33,34)29-25(6,7)16-24(3,4)5/h10-13,29,31H,8-9,14,16H2,1-7H3. The molecule has 2 rings (SSSR count). The van der Waals surface area contributed by atoms with Gasteiger partial charge >= 0.3 is 0 Å². The summed E-state index contributed by atoms with van der Waals surface area (Å²) >= 11 is 0. The minimum absolute atomic E-state index is 0.0277. The summed E-state index contributed by atoms with van der Waals surface area (Å²) < 4.78 is 29.6. The van der Waals surface area contributed by atoms with E-state index in [1.807, 2.05) is 26.8 Å². The van der Waals surface area contributed by atoms with Crippen molar-refractivity contribution >= 4 is 21.4 Å². The Morgan fingerprint density at radius 1 is 1.11 bits per heavy atom. The monoisotopic (exact) mass is 501 g/mol. The van der Waals surface area contributed by atoms with Crippen molar-refractivity contribution in [3.05, 3.63) is 45.7 Å². The van der Waals surface area contributed by atoms with Crippen LogP contribution in [0.5, 0.6) is 5.88 Å². The van der Waals surface area contributed by atoms with Crippen LogP contribution < -0.4 is 10.3 Å². The Morgan fingerprint density at radius 3 is 2.23 bits per heavy atom. The van der Waals surface area contributed by atoms with Gasteiger partial charge in [0.05, 0.1) is 10.6 Å². The highest BCUT2D eigenvalue weighted by Crippen LogP contribution is 2.29. The molecule has 0 bridgehead atoms. The molecule has 0 aliphatic carbocycles. The van der Waals surface area contributed by atoms with E-state index < -0.39 is 21.1 Å². The highest BCUT2D eigenvalue weighted by Gasteiger charge is 2.30. The smallest absolute Gasteiger partial charge is 0.281 e. The Kier molecular flexibility index (Phi) is 8.63. The summed E-state index contributed by atoms with van der Waals surface area (Å²) in [5, 5.41) is 27.9. The number of azo groups is 1. The molecule has 9 nitrogen and oxygen atoms in total. The van der Waals surface area contributed by atoms with Crippen LogP contribution in [0.1, 0.15) is 71.9 Å². The molecular weight excluding hydrogens is 466 g/mol. The predicted molar refractivity (Wildman–Crippen MR) is 136 cm³/mol. The highest BCUT2D eigenvalue weighted by atomic mass is 32.2. The average molecular weight is 502 g/mol. The van der Waals surface area contributed by atoms with E-state index in [1.54, 1.807) is 0 Å². The van der Waals surface area contributed by atoms with Crippen LogP contribution in [-0.2, 0) is 16.6 Å². The van der Waals surface area contributed by atoms with E-state index in [9.17, 15) is 23.6 Å². The number of aromatic nitrogens is 1. The molecule has 1 aromatic carbocycles. The number of unbranched alkanes of at least 4 members (excludes halogenated alkanes) is 1. The van der Waals surface area contributed by atoms with Gasteiger partial charge in [0.15, 0.2) is 5.69 Å². The molecule has 2 aromatic rings. The first-order valence-corrected chi connectivity index (χ1v) is 13.0. The van der Waals surface area contributed by atoms with Crippen molar-refractivity contribution in [3.63, 3.8) is 0 Å². The lowest BCUT2D eigenvalue weighted by molar-refractivity contribution is 0.269. The number of benzene rings is 1. The predicted octanol–water partition coefficient (Wildman–Crippen LogP) is 5.44. The summed E-state index contributed by atoms with van der Waals surface area (Å²) in [6, 6.07) is 7.75. The van der Waals surface area contributed by atoms with Crippen LogP contribution in [0.4, 0.5) is 11.4 Å². The molecular formula is C25H35N5O4S. The molecule has 0 fully saturated rings. The summed E-state index contributed by atoms with van der Waals surface area (Å²) in [6.45, 7) is 13.6. The second-order valence-electron chi connectivity index (χ2n) is 10.5. The molecule has 35 heavy (non-hydrogen) atoms. The third-order valence-corrected chi connectivity index (χ3v) is 7.01. The summed E-state index contributed by atoms with van der Waals surface area (Å²) in [5.74, 6) is -0.376. The van der Waals surface area contributed by atoms with Gasteiger partial charge in [-0.25, -0.2) is 13.1 Å². The molecule has 0 radical (unpaired) electrons. The summed E-state index contributed by atoms with van der Waals surface area (Å²) in [6.07, 6.45) is 2.10. The van der Waals surface area contributed by atoms with E-state index in [0.717, 1.165) is 11.0 Å². The van der Waals surface area contributed by atoms with Gasteiger partial charge < -0.3 is 5.11 Å². The number of aromatic hydroxyl groups is 1. The van der Waals surface area contributed by atoms with Gasteiger partial charge in [-0.3, -0.25) is 9.36 Å². The molecule has 190 valence electrons. The number of hydrogen-bond acceptors (Lipinski definition) is 7. The second kappa shape index (κ2) is 10.7. The third-order valence-electron chi connectivity index (χ3n) is 5.30. The molecule has 0 saturated carbocycles. The van der Waals surface area contributed by atoms with Gasteiger partial charge in [0.2, 0.25) is 15.9 Å². The van der Waals surface area contributed by atoms with Gasteiger partial charge in [-0.15, -0.1) is 5.11 Å². The quantitative estimate of drug-likeness (QED) is 0.441. The number of hydrogen-bond donors (Lipinski definition) is 2. The van der Waals surface area contributed by atoms with Crippen LogP contribution >= 0.6 is 0 Å². The highest BCUT2D eigenvalue weighted by molar-refractivity contribution is 7.89. The molecule has 0 atom stereocenters. The maximum atomic E-state index is 12.9. The number of nitrogens with zero attached hydrogens (tertiary/aromatic N) is 4. The van der Waals surface area contributed by atoms with Crippen LogP contribution in [0.3, 0.4) is 0 Å². The number of rotatable bonds is 9. The van der Waals surface area contributed by atoms with Crippen molar-refractivity contribution in [2.24, 2.45) is 15.6 Å². The largest absolute Gasteiger partial charge is 0.493 e. The van der Waals surface area contributed by atoms with E-state index >= 15 is 0 Å². The minimum atomic E-state index is -3.76. The molecule has 1 heterocycles. The van der Waals surface area contributed by atoms with Crippen LogP contribution in [0.25, 0.3) is 0 Å². The third kappa shape index (κ3) is 7.23. The van der Waals surface area contributed by atoms with Gasteiger partial charge in [0.1, 0.15) is 11.6 Å². The second-order valence-corrected chi connectivity index (χ2v) is 12.2. The van der Waals surface area contributed by atoms with Crippen molar-refractivity contribution in [2.75, 3.05) is 0 Å². The Bertz CT molecular complexity index is 1300. The molecule has 1 aromatic heterocycles. The first-order valence-electron chi connectivity index (χ1n) is 11.5. The molecule has 0 aliphatic heterocycles. The Balaban J connectivity index is 2.35. The SMILES string of the molecule is CCCCn1c(O)c(C#N)c(C)c(N=Nc2ccc(S(=O)(=O)NC(C)(C)CC(C)(C)C)cc2)c1=O. The van der Waals surface area contributed by atoms with Crippen molar-refractivity contribution in [2.45, 2.75) is 84.7 Å². The van der Waals surface area contributed by atoms with Gasteiger partial charge in [-0.05, 0) is 63.3 Å². The first kappa shape index (κ1) is 28.2. The van der Waals surface area contributed by atoms with E-state index in [1.165, 1.54) is 31.2 Å². The number of pyridine rings is 1. The molecule has 2 N–H and O–H groups in total. The van der Waals surface area contributed by atoms with Crippen molar-refractivity contribution in [1.29, 1.82) is 5.26 Å². The Labute approximate surface area is 207 Å². The number of nitrogens with one attached hydrogen (secondary N) is 1. The topological polar surface area (TPSA) is 137 Å². The normalized spacial score (nSPS) is 12.7. The van der Waals surface area contributed by atoms with E-state index in [4.69, 9.17) is 0 Å². The fourth-order valence-corrected chi connectivity index (χ4v) is 5.58. The Morgan fingerprint density at radius 2 is 1.71 bits per heavy atom. The molecule has 0 spiro atoms. The van der Waals surface area contributed by atoms with Crippen molar-refractivity contribution < 1.29 is 13.5 Å². The summed E-state index contributed by atoms with van der Waals surface area (Å²) in [5.41, 5.74) is -0.733.